The van der Waals surface area contributed by atoms with Crippen molar-refractivity contribution < 1.29 is 9.84 Å². The number of aliphatic hydroxyl groups excluding tert-OH is 1. The maximum absolute atomic E-state index is 10.5. The van der Waals surface area contributed by atoms with Gasteiger partial charge in [0.15, 0.2) is 0 Å². The third-order valence-electron chi connectivity index (χ3n) is 5.67. The molecule has 3 heteroatoms. The van der Waals surface area contributed by atoms with Gasteiger partial charge in [-0.1, -0.05) is 73.7 Å². The van der Waals surface area contributed by atoms with Crippen molar-refractivity contribution in [1.82, 2.24) is 5.32 Å². The first kappa shape index (κ1) is 22.5. The first-order valence-corrected chi connectivity index (χ1v) is 11.0. The third-order valence-corrected chi connectivity index (χ3v) is 5.67. The van der Waals surface area contributed by atoms with Crippen LogP contribution in [0.15, 0.2) is 66.7 Å². The Morgan fingerprint density at radius 2 is 1.67 bits per heavy atom. The molecule has 160 valence electrons. The van der Waals surface area contributed by atoms with Crippen molar-refractivity contribution in [3.8, 4) is 0 Å². The number of fused-ring (bicyclic) bond motifs is 1. The molecule has 3 aromatic carbocycles. The zero-order valence-corrected chi connectivity index (χ0v) is 18.7. The van der Waals surface area contributed by atoms with Gasteiger partial charge in [-0.3, -0.25) is 0 Å². The predicted molar refractivity (Wildman–Crippen MR) is 126 cm³/mol. The van der Waals surface area contributed by atoms with Gasteiger partial charge in [-0.25, -0.2) is 0 Å². The van der Waals surface area contributed by atoms with Crippen LogP contribution >= 0.6 is 0 Å². The second-order valence-electron chi connectivity index (χ2n) is 8.86. The summed E-state index contributed by atoms with van der Waals surface area (Å²) in [4.78, 5) is 0. The molecule has 0 aromatic heterocycles. The lowest BCUT2D eigenvalue weighted by Crippen LogP contribution is -2.46. The van der Waals surface area contributed by atoms with Crippen LogP contribution in [-0.4, -0.2) is 29.9 Å². The SMILES string of the molecule is CCC(OC[C@H](O)CNC(C)(C)Cc1ccc2ccccc2c1)c1ccccc1C. The summed E-state index contributed by atoms with van der Waals surface area (Å²) in [6.45, 7) is 9.41. The van der Waals surface area contributed by atoms with E-state index in [0.717, 1.165) is 12.8 Å². The summed E-state index contributed by atoms with van der Waals surface area (Å²) >= 11 is 0. The highest BCUT2D eigenvalue weighted by atomic mass is 16.5. The molecule has 0 aliphatic heterocycles. The fraction of sp³-hybridized carbons (Fsp3) is 0.407. The molecule has 3 rings (SSSR count). The van der Waals surface area contributed by atoms with E-state index in [0.29, 0.717) is 13.2 Å². The van der Waals surface area contributed by atoms with Gasteiger partial charge in [0.25, 0.3) is 0 Å². The van der Waals surface area contributed by atoms with E-state index in [9.17, 15) is 5.11 Å². The normalized spacial score (nSPS) is 14.0. The van der Waals surface area contributed by atoms with Gasteiger partial charge in [0, 0.05) is 12.1 Å². The van der Waals surface area contributed by atoms with Gasteiger partial charge in [0.1, 0.15) is 0 Å². The smallest absolute Gasteiger partial charge is 0.0898 e. The standard InChI is InChI=1S/C27H35NO2/c1-5-26(25-13-9-6-10-20(25)2)30-19-24(29)18-28-27(3,4)17-21-14-15-22-11-7-8-12-23(22)16-21/h6-16,24,26,28-29H,5,17-19H2,1-4H3/t24-,26?/m1/s1. The summed E-state index contributed by atoms with van der Waals surface area (Å²) in [6.07, 6.45) is 1.26. The van der Waals surface area contributed by atoms with Gasteiger partial charge in [0.05, 0.1) is 18.8 Å². The number of ether oxygens (including phenoxy) is 1. The number of β-amino-alcohol motifs (C(OH)–C–C–N with tert-alkyl or cyclic N) is 1. The van der Waals surface area contributed by atoms with Crippen molar-refractivity contribution in [3.63, 3.8) is 0 Å². The van der Waals surface area contributed by atoms with Crippen LogP contribution in [0, 0.1) is 6.92 Å². The Labute approximate surface area is 181 Å². The van der Waals surface area contributed by atoms with Gasteiger partial charge in [-0.05, 0) is 61.1 Å². The first-order chi connectivity index (χ1) is 14.4. The van der Waals surface area contributed by atoms with Crippen molar-refractivity contribution in [2.24, 2.45) is 0 Å². The van der Waals surface area contributed by atoms with E-state index in [-0.39, 0.29) is 11.6 Å². The fourth-order valence-electron chi connectivity index (χ4n) is 3.98. The highest BCUT2D eigenvalue weighted by molar-refractivity contribution is 5.83. The van der Waals surface area contributed by atoms with Crippen LogP contribution in [0.1, 0.15) is 50.0 Å². The maximum atomic E-state index is 10.5. The fourth-order valence-corrected chi connectivity index (χ4v) is 3.98. The zero-order chi connectivity index (χ0) is 21.6. The Morgan fingerprint density at radius 3 is 2.40 bits per heavy atom. The number of nitrogens with one attached hydrogen (secondary N) is 1. The van der Waals surface area contributed by atoms with E-state index in [1.54, 1.807) is 0 Å². The highest BCUT2D eigenvalue weighted by Gasteiger charge is 2.20. The molecule has 0 amide bonds. The second-order valence-corrected chi connectivity index (χ2v) is 8.86. The van der Waals surface area contributed by atoms with E-state index >= 15 is 0 Å². The molecular formula is C27H35NO2. The van der Waals surface area contributed by atoms with Crippen LogP contribution in [0.4, 0.5) is 0 Å². The molecule has 0 saturated heterocycles. The molecule has 3 nitrogen and oxygen atoms in total. The molecule has 30 heavy (non-hydrogen) atoms. The Hall–Kier alpha value is -2.20. The summed E-state index contributed by atoms with van der Waals surface area (Å²) in [7, 11) is 0. The van der Waals surface area contributed by atoms with Crippen molar-refractivity contribution in [3.05, 3.63) is 83.4 Å². The minimum atomic E-state index is -0.543. The van der Waals surface area contributed by atoms with Gasteiger partial charge in [-0.15, -0.1) is 0 Å². The van der Waals surface area contributed by atoms with Crippen molar-refractivity contribution in [1.29, 1.82) is 0 Å². The van der Waals surface area contributed by atoms with E-state index in [1.807, 2.05) is 12.1 Å². The molecule has 0 fully saturated rings. The third kappa shape index (κ3) is 6.15. The number of rotatable bonds is 10. The minimum Gasteiger partial charge on any atom is -0.389 e. The topological polar surface area (TPSA) is 41.5 Å². The van der Waals surface area contributed by atoms with Crippen LogP contribution in [-0.2, 0) is 11.2 Å². The van der Waals surface area contributed by atoms with Crippen molar-refractivity contribution in [2.75, 3.05) is 13.2 Å². The number of hydrogen-bond donors (Lipinski definition) is 2. The molecule has 0 aliphatic rings. The van der Waals surface area contributed by atoms with Crippen LogP contribution in [0.25, 0.3) is 10.8 Å². The molecule has 0 bridgehead atoms. The van der Waals surface area contributed by atoms with Crippen LogP contribution < -0.4 is 5.32 Å². The molecule has 3 aromatic rings. The average Bonchev–Trinajstić information content (AvgIpc) is 2.73. The molecule has 0 heterocycles. The predicted octanol–water partition coefficient (Wildman–Crippen LogP) is 5.59. The molecule has 0 spiro atoms. The quantitative estimate of drug-likeness (QED) is 0.462. The van der Waals surface area contributed by atoms with Crippen LogP contribution in [0.2, 0.25) is 0 Å². The van der Waals surface area contributed by atoms with Gasteiger partial charge < -0.3 is 15.2 Å². The van der Waals surface area contributed by atoms with Crippen LogP contribution in [0.5, 0.6) is 0 Å². The summed E-state index contributed by atoms with van der Waals surface area (Å²) in [5, 5.41) is 16.5. The largest absolute Gasteiger partial charge is 0.389 e. The Kier molecular flexibility index (Phi) is 7.65. The lowest BCUT2D eigenvalue weighted by molar-refractivity contribution is -0.0135. The lowest BCUT2D eigenvalue weighted by atomic mass is 9.93. The second kappa shape index (κ2) is 10.2. The molecule has 1 unspecified atom stereocenters. The average molecular weight is 406 g/mol. The first-order valence-electron chi connectivity index (χ1n) is 11.0. The molecule has 0 radical (unpaired) electrons. The molecule has 0 saturated carbocycles. The van der Waals surface area contributed by atoms with Crippen molar-refractivity contribution >= 4 is 10.8 Å². The van der Waals surface area contributed by atoms with Crippen molar-refractivity contribution in [2.45, 2.75) is 58.3 Å². The van der Waals surface area contributed by atoms with Gasteiger partial charge in [-0.2, -0.15) is 0 Å². The van der Waals surface area contributed by atoms with Gasteiger partial charge >= 0.3 is 0 Å². The number of benzene rings is 3. The van der Waals surface area contributed by atoms with E-state index in [2.05, 4.69) is 87.6 Å². The number of hydrogen-bond acceptors (Lipinski definition) is 3. The molecule has 2 atom stereocenters. The minimum absolute atomic E-state index is 0.0199. The van der Waals surface area contributed by atoms with E-state index in [1.165, 1.54) is 27.5 Å². The Morgan fingerprint density at radius 1 is 0.967 bits per heavy atom. The molecule has 0 aliphatic carbocycles. The summed E-state index contributed by atoms with van der Waals surface area (Å²) < 4.78 is 6.06. The highest BCUT2D eigenvalue weighted by Crippen LogP contribution is 2.24. The van der Waals surface area contributed by atoms with E-state index < -0.39 is 6.10 Å². The van der Waals surface area contributed by atoms with Gasteiger partial charge in [0.2, 0.25) is 0 Å². The number of aryl methyl sites for hydroxylation is 1. The zero-order valence-electron chi connectivity index (χ0n) is 18.7. The Bertz CT molecular complexity index is 950. The Balaban J connectivity index is 1.51. The summed E-state index contributed by atoms with van der Waals surface area (Å²) in [5.41, 5.74) is 3.61. The van der Waals surface area contributed by atoms with E-state index in [4.69, 9.17) is 4.74 Å². The number of aliphatic hydroxyl groups is 1. The van der Waals surface area contributed by atoms with Crippen LogP contribution in [0.3, 0.4) is 0 Å². The molecule has 2 N–H and O–H groups in total. The maximum Gasteiger partial charge on any atom is 0.0898 e. The summed E-state index contributed by atoms with van der Waals surface area (Å²) in [6, 6.07) is 23.4. The lowest BCUT2D eigenvalue weighted by Gasteiger charge is -2.29. The monoisotopic (exact) mass is 405 g/mol. The molecular weight excluding hydrogens is 370 g/mol. The summed E-state index contributed by atoms with van der Waals surface area (Å²) in [5.74, 6) is 0.